The second kappa shape index (κ2) is 7.72. The number of aryl methyl sites for hydroxylation is 1. The number of ether oxygens (including phenoxy) is 1. The van der Waals surface area contributed by atoms with Crippen LogP contribution in [0.2, 0.25) is 0 Å². The SMILES string of the molecule is Cc1cc(N2CCOCC2)nc(CNC(=O)c2cccc3ccccc23)n1. The molecule has 2 aromatic carbocycles. The van der Waals surface area contributed by atoms with Gasteiger partial charge >= 0.3 is 0 Å². The zero-order valence-electron chi connectivity index (χ0n) is 15.3. The molecule has 1 N–H and O–H groups in total. The highest BCUT2D eigenvalue weighted by atomic mass is 16.5. The number of morpholine rings is 1. The summed E-state index contributed by atoms with van der Waals surface area (Å²) < 4.78 is 5.40. The van der Waals surface area contributed by atoms with E-state index in [4.69, 9.17) is 4.74 Å². The van der Waals surface area contributed by atoms with E-state index in [1.807, 2.05) is 55.5 Å². The van der Waals surface area contributed by atoms with Crippen LogP contribution in [-0.2, 0) is 11.3 Å². The van der Waals surface area contributed by atoms with Crippen LogP contribution in [-0.4, -0.2) is 42.2 Å². The summed E-state index contributed by atoms with van der Waals surface area (Å²) in [5.41, 5.74) is 1.55. The minimum Gasteiger partial charge on any atom is -0.378 e. The Bertz CT molecular complexity index is 962. The van der Waals surface area contributed by atoms with Gasteiger partial charge in [0.15, 0.2) is 0 Å². The molecule has 0 atom stereocenters. The Hall–Kier alpha value is -2.99. The average Bonchev–Trinajstić information content (AvgIpc) is 2.72. The number of carbonyl (C=O) groups is 1. The Kier molecular flexibility index (Phi) is 4.98. The van der Waals surface area contributed by atoms with Crippen LogP contribution in [0.4, 0.5) is 5.82 Å². The highest BCUT2D eigenvalue weighted by molar-refractivity contribution is 6.06. The molecule has 0 saturated carbocycles. The van der Waals surface area contributed by atoms with Crippen molar-refractivity contribution in [3.63, 3.8) is 0 Å². The number of anilines is 1. The molecule has 27 heavy (non-hydrogen) atoms. The summed E-state index contributed by atoms with van der Waals surface area (Å²) in [4.78, 5) is 24.0. The van der Waals surface area contributed by atoms with Crippen LogP contribution in [0.3, 0.4) is 0 Å². The molecule has 1 saturated heterocycles. The van der Waals surface area contributed by atoms with Gasteiger partial charge in [-0.05, 0) is 23.8 Å². The van der Waals surface area contributed by atoms with Gasteiger partial charge in [0.05, 0.1) is 19.8 Å². The third kappa shape index (κ3) is 3.90. The topological polar surface area (TPSA) is 67.3 Å². The molecule has 0 aliphatic carbocycles. The number of fused-ring (bicyclic) bond motifs is 1. The fourth-order valence-electron chi connectivity index (χ4n) is 3.32. The first-order valence-corrected chi connectivity index (χ1v) is 9.14. The Labute approximate surface area is 158 Å². The van der Waals surface area contributed by atoms with Crippen molar-refractivity contribution in [2.75, 3.05) is 31.2 Å². The number of amides is 1. The maximum absolute atomic E-state index is 12.7. The van der Waals surface area contributed by atoms with Crippen molar-refractivity contribution in [3.05, 3.63) is 65.6 Å². The molecular weight excluding hydrogens is 340 g/mol. The van der Waals surface area contributed by atoms with E-state index in [0.29, 0.717) is 31.1 Å². The van der Waals surface area contributed by atoms with Crippen LogP contribution in [0, 0.1) is 6.92 Å². The molecule has 1 aliphatic rings. The normalized spacial score (nSPS) is 14.3. The van der Waals surface area contributed by atoms with Crippen molar-refractivity contribution in [1.29, 1.82) is 0 Å². The predicted octanol–water partition coefficient (Wildman–Crippen LogP) is 2.70. The van der Waals surface area contributed by atoms with Crippen molar-refractivity contribution in [2.24, 2.45) is 0 Å². The van der Waals surface area contributed by atoms with E-state index >= 15 is 0 Å². The van der Waals surface area contributed by atoms with Gasteiger partial charge in [-0.15, -0.1) is 0 Å². The number of nitrogens with one attached hydrogen (secondary N) is 1. The maximum atomic E-state index is 12.7. The highest BCUT2D eigenvalue weighted by Crippen LogP contribution is 2.19. The van der Waals surface area contributed by atoms with Crippen LogP contribution < -0.4 is 10.2 Å². The molecule has 1 fully saturated rings. The molecule has 0 bridgehead atoms. The lowest BCUT2D eigenvalue weighted by Crippen LogP contribution is -2.37. The maximum Gasteiger partial charge on any atom is 0.252 e. The van der Waals surface area contributed by atoms with Gasteiger partial charge in [-0.2, -0.15) is 0 Å². The Morgan fingerprint density at radius 3 is 2.74 bits per heavy atom. The first-order chi connectivity index (χ1) is 13.2. The van der Waals surface area contributed by atoms with Crippen LogP contribution in [0.1, 0.15) is 21.9 Å². The van der Waals surface area contributed by atoms with E-state index < -0.39 is 0 Å². The minimum absolute atomic E-state index is 0.121. The van der Waals surface area contributed by atoms with E-state index in [0.717, 1.165) is 35.4 Å². The van der Waals surface area contributed by atoms with Crippen LogP contribution >= 0.6 is 0 Å². The highest BCUT2D eigenvalue weighted by Gasteiger charge is 2.15. The molecule has 6 heteroatoms. The molecule has 2 heterocycles. The number of hydrogen-bond acceptors (Lipinski definition) is 5. The van der Waals surface area contributed by atoms with Gasteiger partial charge < -0.3 is 15.0 Å². The summed E-state index contributed by atoms with van der Waals surface area (Å²) in [5, 5.41) is 4.95. The third-order valence-electron chi connectivity index (χ3n) is 4.66. The summed E-state index contributed by atoms with van der Waals surface area (Å²) in [6.07, 6.45) is 0. The van der Waals surface area contributed by atoms with E-state index in [1.54, 1.807) is 0 Å². The van der Waals surface area contributed by atoms with E-state index in [9.17, 15) is 4.79 Å². The van der Waals surface area contributed by atoms with Gasteiger partial charge in [-0.3, -0.25) is 4.79 Å². The number of carbonyl (C=O) groups excluding carboxylic acids is 1. The fraction of sp³-hybridized carbons (Fsp3) is 0.286. The fourth-order valence-corrected chi connectivity index (χ4v) is 3.32. The minimum atomic E-state index is -0.121. The number of rotatable bonds is 4. The second-order valence-corrected chi connectivity index (χ2v) is 6.59. The number of nitrogens with zero attached hydrogens (tertiary/aromatic N) is 3. The van der Waals surface area contributed by atoms with Gasteiger partial charge in [0, 0.05) is 30.4 Å². The standard InChI is InChI=1S/C21H22N4O2/c1-15-13-20(25-9-11-27-12-10-25)24-19(23-15)14-22-21(26)18-8-4-6-16-5-2-3-7-17(16)18/h2-8,13H,9-12,14H2,1H3,(H,22,26). The summed E-state index contributed by atoms with van der Waals surface area (Å²) in [5.74, 6) is 1.38. The largest absolute Gasteiger partial charge is 0.378 e. The molecule has 0 unspecified atom stereocenters. The number of benzene rings is 2. The molecule has 1 aliphatic heterocycles. The lowest BCUT2D eigenvalue weighted by molar-refractivity contribution is 0.0951. The predicted molar refractivity (Wildman–Crippen MR) is 105 cm³/mol. The molecular formula is C21H22N4O2. The average molecular weight is 362 g/mol. The van der Waals surface area contributed by atoms with Crippen LogP contribution in [0.15, 0.2) is 48.5 Å². The van der Waals surface area contributed by atoms with E-state index in [2.05, 4.69) is 20.2 Å². The Balaban J connectivity index is 1.51. The molecule has 0 spiro atoms. The summed E-state index contributed by atoms with van der Waals surface area (Å²) in [7, 11) is 0. The van der Waals surface area contributed by atoms with Gasteiger partial charge in [0.25, 0.3) is 5.91 Å². The van der Waals surface area contributed by atoms with Gasteiger partial charge in [-0.1, -0.05) is 36.4 Å². The molecule has 3 aromatic rings. The van der Waals surface area contributed by atoms with Crippen LogP contribution in [0.5, 0.6) is 0 Å². The van der Waals surface area contributed by atoms with Crippen molar-refractivity contribution in [1.82, 2.24) is 15.3 Å². The number of hydrogen-bond donors (Lipinski definition) is 1. The van der Waals surface area contributed by atoms with Crippen molar-refractivity contribution in [3.8, 4) is 0 Å². The van der Waals surface area contributed by atoms with E-state index in [1.165, 1.54) is 0 Å². The molecule has 1 amide bonds. The van der Waals surface area contributed by atoms with Gasteiger partial charge in [-0.25, -0.2) is 9.97 Å². The Morgan fingerprint density at radius 1 is 1.11 bits per heavy atom. The second-order valence-electron chi connectivity index (χ2n) is 6.59. The van der Waals surface area contributed by atoms with Crippen molar-refractivity contribution < 1.29 is 9.53 Å². The lowest BCUT2D eigenvalue weighted by Gasteiger charge is -2.28. The first kappa shape index (κ1) is 17.4. The van der Waals surface area contributed by atoms with Crippen molar-refractivity contribution in [2.45, 2.75) is 13.5 Å². The molecule has 1 aromatic heterocycles. The zero-order chi connectivity index (χ0) is 18.6. The zero-order valence-corrected chi connectivity index (χ0v) is 15.3. The summed E-state index contributed by atoms with van der Waals surface area (Å²) >= 11 is 0. The third-order valence-corrected chi connectivity index (χ3v) is 4.66. The quantitative estimate of drug-likeness (QED) is 0.773. The summed E-state index contributed by atoms with van der Waals surface area (Å²) in [6.45, 7) is 5.28. The van der Waals surface area contributed by atoms with Crippen molar-refractivity contribution >= 4 is 22.5 Å². The first-order valence-electron chi connectivity index (χ1n) is 9.14. The summed E-state index contributed by atoms with van der Waals surface area (Å²) in [6, 6.07) is 15.6. The molecule has 4 rings (SSSR count). The molecule has 6 nitrogen and oxygen atoms in total. The van der Waals surface area contributed by atoms with E-state index in [-0.39, 0.29) is 5.91 Å². The molecule has 138 valence electrons. The van der Waals surface area contributed by atoms with Crippen LogP contribution in [0.25, 0.3) is 10.8 Å². The van der Waals surface area contributed by atoms with Gasteiger partial charge in [0.2, 0.25) is 0 Å². The molecule has 0 radical (unpaired) electrons. The lowest BCUT2D eigenvalue weighted by atomic mass is 10.0. The smallest absolute Gasteiger partial charge is 0.252 e. The van der Waals surface area contributed by atoms with Gasteiger partial charge in [0.1, 0.15) is 11.6 Å². The Morgan fingerprint density at radius 2 is 1.89 bits per heavy atom. The number of aromatic nitrogens is 2. The monoisotopic (exact) mass is 362 g/mol.